The quantitative estimate of drug-likeness (QED) is 0.859. The number of aryl methyl sites for hydroxylation is 1. The maximum Gasteiger partial charge on any atom is 0.143 e. The van der Waals surface area contributed by atoms with Gasteiger partial charge in [-0.05, 0) is 31.2 Å². The first kappa shape index (κ1) is 12.5. The summed E-state index contributed by atoms with van der Waals surface area (Å²) in [5.41, 5.74) is 8.53. The van der Waals surface area contributed by atoms with Gasteiger partial charge in [-0.1, -0.05) is 30.4 Å². The Labute approximate surface area is 112 Å². The van der Waals surface area contributed by atoms with Crippen molar-refractivity contribution in [2.75, 3.05) is 11.9 Å². The van der Waals surface area contributed by atoms with Gasteiger partial charge in [-0.15, -0.1) is 0 Å². The number of para-hydroxylation sites is 1. The van der Waals surface area contributed by atoms with Crippen molar-refractivity contribution in [3.63, 3.8) is 0 Å². The second kappa shape index (κ2) is 5.14. The standard InChI is InChI=1S/C14H15N3S/c1-10-8-9-12(13(15)18)14(16-10)17(2)11-6-4-3-5-7-11/h3-9H,1-2H3,(H2,15,18). The van der Waals surface area contributed by atoms with Crippen molar-refractivity contribution >= 4 is 28.7 Å². The normalized spacial score (nSPS) is 10.1. The molecule has 0 atom stereocenters. The van der Waals surface area contributed by atoms with E-state index in [2.05, 4.69) is 4.98 Å². The first-order valence-corrected chi connectivity index (χ1v) is 6.06. The molecule has 1 heterocycles. The maximum absolute atomic E-state index is 5.75. The monoisotopic (exact) mass is 257 g/mol. The van der Waals surface area contributed by atoms with Crippen LogP contribution in [0.4, 0.5) is 11.5 Å². The average molecular weight is 257 g/mol. The Bertz CT molecular complexity index is 567. The molecular weight excluding hydrogens is 242 g/mol. The summed E-state index contributed by atoms with van der Waals surface area (Å²) in [6.45, 7) is 1.95. The van der Waals surface area contributed by atoms with Crippen LogP contribution in [0.3, 0.4) is 0 Å². The first-order valence-electron chi connectivity index (χ1n) is 5.66. The minimum absolute atomic E-state index is 0.361. The van der Waals surface area contributed by atoms with Crippen molar-refractivity contribution < 1.29 is 0 Å². The van der Waals surface area contributed by atoms with E-state index >= 15 is 0 Å². The molecule has 0 aliphatic carbocycles. The molecule has 0 saturated carbocycles. The van der Waals surface area contributed by atoms with Gasteiger partial charge < -0.3 is 10.6 Å². The van der Waals surface area contributed by atoms with E-state index in [4.69, 9.17) is 18.0 Å². The molecule has 0 saturated heterocycles. The summed E-state index contributed by atoms with van der Waals surface area (Å²) < 4.78 is 0. The zero-order valence-electron chi connectivity index (χ0n) is 10.4. The lowest BCUT2D eigenvalue weighted by atomic mass is 10.2. The van der Waals surface area contributed by atoms with Crippen molar-refractivity contribution in [3.05, 3.63) is 53.7 Å². The van der Waals surface area contributed by atoms with Crippen LogP contribution in [-0.4, -0.2) is 17.0 Å². The highest BCUT2D eigenvalue weighted by Crippen LogP contribution is 2.25. The number of benzene rings is 1. The Morgan fingerprint density at radius 1 is 1.17 bits per heavy atom. The van der Waals surface area contributed by atoms with Gasteiger partial charge >= 0.3 is 0 Å². The molecule has 0 fully saturated rings. The van der Waals surface area contributed by atoms with Crippen molar-refractivity contribution in [1.82, 2.24) is 4.98 Å². The fraction of sp³-hybridized carbons (Fsp3) is 0.143. The molecule has 1 aromatic heterocycles. The van der Waals surface area contributed by atoms with Gasteiger partial charge in [0.15, 0.2) is 0 Å². The Morgan fingerprint density at radius 2 is 1.83 bits per heavy atom. The number of rotatable bonds is 3. The molecule has 1 aromatic carbocycles. The molecule has 0 aliphatic heterocycles. The Kier molecular flexibility index (Phi) is 3.58. The number of pyridine rings is 1. The van der Waals surface area contributed by atoms with Crippen LogP contribution in [0.25, 0.3) is 0 Å². The van der Waals surface area contributed by atoms with E-state index in [1.165, 1.54) is 0 Å². The highest BCUT2D eigenvalue weighted by molar-refractivity contribution is 7.80. The molecule has 0 amide bonds. The van der Waals surface area contributed by atoms with E-state index in [1.54, 1.807) is 0 Å². The van der Waals surface area contributed by atoms with E-state index in [0.29, 0.717) is 4.99 Å². The van der Waals surface area contributed by atoms with Gasteiger partial charge in [-0.2, -0.15) is 0 Å². The van der Waals surface area contributed by atoms with Crippen molar-refractivity contribution in [1.29, 1.82) is 0 Å². The molecular formula is C14H15N3S. The molecule has 2 N–H and O–H groups in total. The van der Waals surface area contributed by atoms with Crippen molar-refractivity contribution in [3.8, 4) is 0 Å². The van der Waals surface area contributed by atoms with Crippen LogP contribution < -0.4 is 10.6 Å². The molecule has 0 aliphatic rings. The summed E-state index contributed by atoms with van der Waals surface area (Å²) >= 11 is 5.07. The minimum atomic E-state index is 0.361. The third-order valence-corrected chi connectivity index (χ3v) is 2.96. The zero-order valence-corrected chi connectivity index (χ0v) is 11.2. The Hall–Kier alpha value is -1.94. The first-order chi connectivity index (χ1) is 8.59. The fourth-order valence-corrected chi connectivity index (χ4v) is 1.92. The Balaban J connectivity index is 2.50. The molecule has 0 spiro atoms. The van der Waals surface area contributed by atoms with E-state index in [-0.39, 0.29) is 0 Å². The zero-order chi connectivity index (χ0) is 13.1. The van der Waals surface area contributed by atoms with E-state index in [1.807, 2.05) is 61.3 Å². The van der Waals surface area contributed by atoms with Crippen molar-refractivity contribution in [2.45, 2.75) is 6.92 Å². The summed E-state index contributed by atoms with van der Waals surface area (Å²) in [4.78, 5) is 6.88. The predicted molar refractivity (Wildman–Crippen MR) is 79.4 cm³/mol. The molecule has 0 radical (unpaired) electrons. The van der Waals surface area contributed by atoms with Crippen LogP contribution >= 0.6 is 12.2 Å². The topological polar surface area (TPSA) is 42.1 Å². The van der Waals surface area contributed by atoms with E-state index in [9.17, 15) is 0 Å². The number of anilines is 2. The fourth-order valence-electron chi connectivity index (χ4n) is 1.76. The van der Waals surface area contributed by atoms with Crippen LogP contribution in [0.2, 0.25) is 0 Å². The van der Waals surface area contributed by atoms with Gasteiger partial charge in [0.05, 0.1) is 5.56 Å². The molecule has 18 heavy (non-hydrogen) atoms. The second-order valence-electron chi connectivity index (χ2n) is 4.08. The summed E-state index contributed by atoms with van der Waals surface area (Å²) in [7, 11) is 1.96. The van der Waals surface area contributed by atoms with Crippen LogP contribution in [-0.2, 0) is 0 Å². The largest absolute Gasteiger partial charge is 0.389 e. The molecule has 4 heteroatoms. The third kappa shape index (κ3) is 2.49. The van der Waals surface area contributed by atoms with Gasteiger partial charge in [0.2, 0.25) is 0 Å². The highest BCUT2D eigenvalue weighted by Gasteiger charge is 2.12. The van der Waals surface area contributed by atoms with Crippen molar-refractivity contribution in [2.24, 2.45) is 5.73 Å². The molecule has 3 nitrogen and oxygen atoms in total. The number of hydrogen-bond donors (Lipinski definition) is 1. The number of aromatic nitrogens is 1. The molecule has 2 aromatic rings. The van der Waals surface area contributed by atoms with Gasteiger partial charge in [0, 0.05) is 18.4 Å². The summed E-state index contributed by atoms with van der Waals surface area (Å²) in [5, 5.41) is 0. The average Bonchev–Trinajstić information content (AvgIpc) is 2.38. The van der Waals surface area contributed by atoms with Gasteiger partial charge in [-0.3, -0.25) is 0 Å². The summed E-state index contributed by atoms with van der Waals surface area (Å²) in [5.74, 6) is 0.786. The SMILES string of the molecule is Cc1ccc(C(N)=S)c(N(C)c2ccccc2)n1. The highest BCUT2D eigenvalue weighted by atomic mass is 32.1. The van der Waals surface area contributed by atoms with E-state index in [0.717, 1.165) is 22.8 Å². The summed E-state index contributed by atoms with van der Waals surface area (Å²) in [6, 6.07) is 13.8. The predicted octanol–water partition coefficient (Wildman–Crippen LogP) is 2.79. The second-order valence-corrected chi connectivity index (χ2v) is 4.52. The molecule has 0 unspecified atom stereocenters. The third-order valence-electron chi connectivity index (χ3n) is 2.74. The van der Waals surface area contributed by atoms with Gasteiger partial charge in [-0.25, -0.2) is 4.98 Å². The minimum Gasteiger partial charge on any atom is -0.389 e. The summed E-state index contributed by atoms with van der Waals surface area (Å²) in [6.07, 6.45) is 0. The number of thiocarbonyl (C=S) groups is 1. The van der Waals surface area contributed by atoms with Crippen LogP contribution in [0.5, 0.6) is 0 Å². The van der Waals surface area contributed by atoms with Gasteiger partial charge in [0.25, 0.3) is 0 Å². The smallest absolute Gasteiger partial charge is 0.143 e. The lowest BCUT2D eigenvalue weighted by Gasteiger charge is -2.21. The molecule has 0 bridgehead atoms. The lowest BCUT2D eigenvalue weighted by Crippen LogP contribution is -2.19. The maximum atomic E-state index is 5.75. The molecule has 92 valence electrons. The van der Waals surface area contributed by atoms with E-state index < -0.39 is 0 Å². The number of hydrogen-bond acceptors (Lipinski definition) is 3. The number of nitrogens with zero attached hydrogens (tertiary/aromatic N) is 2. The van der Waals surface area contributed by atoms with Crippen LogP contribution in [0, 0.1) is 6.92 Å². The lowest BCUT2D eigenvalue weighted by molar-refractivity contribution is 1.09. The number of nitrogens with two attached hydrogens (primary N) is 1. The van der Waals surface area contributed by atoms with Crippen LogP contribution in [0.1, 0.15) is 11.3 Å². The molecule has 2 rings (SSSR count). The van der Waals surface area contributed by atoms with Gasteiger partial charge in [0.1, 0.15) is 10.8 Å². The van der Waals surface area contributed by atoms with Crippen LogP contribution in [0.15, 0.2) is 42.5 Å². The Morgan fingerprint density at radius 3 is 2.44 bits per heavy atom.